The van der Waals surface area contributed by atoms with E-state index in [-0.39, 0.29) is 24.8 Å². The molecule has 0 nitrogen and oxygen atoms in total. The topological polar surface area (TPSA) is 0 Å². The van der Waals surface area contributed by atoms with Crippen molar-refractivity contribution in [3.8, 4) is 0 Å². The van der Waals surface area contributed by atoms with Gasteiger partial charge in [0.2, 0.25) is 0 Å². The van der Waals surface area contributed by atoms with Crippen molar-refractivity contribution in [3.63, 3.8) is 0 Å². The Labute approximate surface area is 254 Å². The third-order valence-corrected chi connectivity index (χ3v) is 7.65. The molecule has 0 bridgehead atoms. The quantitative estimate of drug-likeness (QED) is 0.274. The normalized spacial score (nSPS) is 12.6. The number of benzene rings is 4. The van der Waals surface area contributed by atoms with Gasteiger partial charge in [-0.15, -0.1) is 46.2 Å². The van der Waals surface area contributed by atoms with Gasteiger partial charge in [0, 0.05) is 0 Å². The molecule has 38 heavy (non-hydrogen) atoms. The molecule has 0 aliphatic heterocycles. The molecule has 0 N–H and O–H groups in total. The monoisotopic (exact) mass is 610 g/mol. The third-order valence-electron chi connectivity index (χ3n) is 6.42. The maximum absolute atomic E-state index is 2.99. The Kier molecular flexibility index (Phi) is 12.1. The molecule has 0 radical (unpaired) electrons. The van der Waals surface area contributed by atoms with Crippen molar-refractivity contribution in [2.45, 2.75) is 32.1 Å². The average molecular weight is 613 g/mol. The van der Waals surface area contributed by atoms with Crippen molar-refractivity contribution in [2.24, 2.45) is 0 Å². The summed E-state index contributed by atoms with van der Waals surface area (Å²) in [6.45, 7) is 0. The van der Waals surface area contributed by atoms with Crippen LogP contribution in [0, 0.1) is 6.08 Å². The largest absolute Gasteiger partial charge is 0.126 e. The maximum atomic E-state index is 2.99. The zero-order valence-corrected chi connectivity index (χ0v) is 25.3. The van der Waals surface area contributed by atoms with E-state index in [1.165, 1.54) is 56.6 Å². The number of allylic oxidation sites excluding steroid dienone is 4. The average Bonchev–Trinajstić information content (AvgIpc) is 3.34. The van der Waals surface area contributed by atoms with Crippen molar-refractivity contribution < 1.29 is 49.0 Å². The van der Waals surface area contributed by atoms with Crippen molar-refractivity contribution in [3.05, 3.63) is 150 Å². The van der Waals surface area contributed by atoms with E-state index in [1.54, 1.807) is 27.4 Å². The fourth-order valence-corrected chi connectivity index (χ4v) is 4.69. The summed E-state index contributed by atoms with van der Waals surface area (Å²) in [5.41, 5.74) is 5.46. The molecule has 0 aromatic heterocycles. The molecule has 5 aromatic rings. The third kappa shape index (κ3) is 8.81. The molecule has 0 saturated heterocycles. The predicted molar refractivity (Wildman–Crippen MR) is 151 cm³/mol. The number of hydrogen-bond donors (Lipinski definition) is 0. The zero-order valence-electron chi connectivity index (χ0n) is 21.3. The summed E-state index contributed by atoms with van der Waals surface area (Å²) in [6.07, 6.45) is 14.8. The second-order valence-electron chi connectivity index (χ2n) is 9.42. The Balaban J connectivity index is 0.000000309. The Morgan fingerprint density at radius 1 is 0.632 bits per heavy atom. The first-order chi connectivity index (χ1) is 17.7. The molecule has 0 heterocycles. The van der Waals surface area contributed by atoms with Crippen molar-refractivity contribution in [1.82, 2.24) is 0 Å². The van der Waals surface area contributed by atoms with Gasteiger partial charge in [-0.3, -0.25) is 6.08 Å². The van der Waals surface area contributed by atoms with E-state index in [1.807, 2.05) is 12.2 Å². The molecular weight excluding hydrogens is 583 g/mol. The van der Waals surface area contributed by atoms with Crippen LogP contribution in [0.15, 0.2) is 121 Å². The summed E-state index contributed by atoms with van der Waals surface area (Å²) < 4.78 is 1.76. The van der Waals surface area contributed by atoms with Crippen LogP contribution in [0.25, 0.3) is 21.5 Å². The van der Waals surface area contributed by atoms with Gasteiger partial charge >= 0.3 is 40.3 Å². The fourth-order valence-electron chi connectivity index (χ4n) is 4.38. The smallest absolute Gasteiger partial charge is 0.00385 e. The van der Waals surface area contributed by atoms with Gasteiger partial charge in [-0.1, -0.05) is 96.1 Å². The number of halogens is 2. The van der Waals surface area contributed by atoms with Gasteiger partial charge in [0.25, 0.3) is 0 Å². The van der Waals surface area contributed by atoms with Crippen LogP contribution in [0.3, 0.4) is 0 Å². The Morgan fingerprint density at radius 2 is 1.11 bits per heavy atom. The summed E-state index contributed by atoms with van der Waals surface area (Å²) in [5, 5.41) is 5.40. The standard InChI is InChI=1S/C27H21.C5H5.C3H4.2ClH.Zr/c1-3-7-20(8-4-1)15-22-11-13-24-19-25-14-12-23(18-27(25)26(24)17-22)16-21-9-5-2-6-10-21;1-2-4-5-3-1;1-2-3-1;;;/h1-14,17-19H,15-16H2;1-3H,4H2;1-2H2;2*1H;/q2*-1;;;;+2/p-2. The molecule has 7 rings (SSSR count). The molecule has 5 aromatic carbocycles. The van der Waals surface area contributed by atoms with Crippen LogP contribution in [0.4, 0.5) is 0 Å². The molecule has 1 fully saturated rings. The SMILES string of the molecule is [C-]1=CC=CC1.[Cl-].[Cl-].[Zr+2]=[C]1CC1.c1ccc(Cc2ccc3[cH-]c4ccc(Cc5ccccc5)cc4c3c2)cc1. The first-order valence-electron chi connectivity index (χ1n) is 12.7. The summed E-state index contributed by atoms with van der Waals surface area (Å²) in [4.78, 5) is 0. The summed E-state index contributed by atoms with van der Waals surface area (Å²) >= 11 is 1.66. The Morgan fingerprint density at radius 3 is 1.45 bits per heavy atom. The van der Waals surface area contributed by atoms with Crippen molar-refractivity contribution >= 4 is 24.8 Å². The number of fused-ring (bicyclic) bond motifs is 3. The van der Waals surface area contributed by atoms with Crippen LogP contribution in [-0.2, 0) is 37.1 Å². The number of hydrogen-bond acceptors (Lipinski definition) is 0. The molecule has 1 saturated carbocycles. The van der Waals surface area contributed by atoms with E-state index in [9.17, 15) is 0 Å². The Hall–Kier alpha value is -2.44. The molecule has 0 unspecified atom stereocenters. The Bertz CT molecular complexity index is 1400. The molecule has 0 spiro atoms. The van der Waals surface area contributed by atoms with Crippen LogP contribution in [-0.4, -0.2) is 3.21 Å². The van der Waals surface area contributed by atoms with E-state index in [2.05, 4.69) is 115 Å². The van der Waals surface area contributed by atoms with Gasteiger partial charge in [0.15, 0.2) is 0 Å². The van der Waals surface area contributed by atoms with Crippen molar-refractivity contribution in [1.29, 1.82) is 0 Å². The molecule has 3 heteroatoms. The molecule has 2 aliphatic rings. The van der Waals surface area contributed by atoms with Crippen molar-refractivity contribution in [2.75, 3.05) is 0 Å². The second kappa shape index (κ2) is 15.2. The predicted octanol–water partition coefficient (Wildman–Crippen LogP) is 2.71. The molecule has 0 amide bonds. The van der Waals surface area contributed by atoms with Gasteiger partial charge in [0.1, 0.15) is 0 Å². The van der Waals surface area contributed by atoms with Crippen LogP contribution < -0.4 is 24.8 Å². The van der Waals surface area contributed by atoms with Gasteiger partial charge in [-0.2, -0.15) is 6.08 Å². The second-order valence-corrected chi connectivity index (χ2v) is 11.2. The van der Waals surface area contributed by atoms with Crippen LogP contribution >= 0.6 is 0 Å². The fraction of sp³-hybridized carbons (Fsp3) is 0.143. The minimum absolute atomic E-state index is 0. The molecule has 2 aliphatic carbocycles. The van der Waals surface area contributed by atoms with Gasteiger partial charge in [-0.05, 0) is 24.0 Å². The molecule has 0 atom stereocenters. The van der Waals surface area contributed by atoms with E-state index in [0.717, 1.165) is 19.3 Å². The van der Waals surface area contributed by atoms with Crippen LogP contribution in [0.5, 0.6) is 0 Å². The van der Waals surface area contributed by atoms with E-state index in [4.69, 9.17) is 0 Å². The molecule has 190 valence electrons. The summed E-state index contributed by atoms with van der Waals surface area (Å²) in [5.74, 6) is 0. The first-order valence-corrected chi connectivity index (χ1v) is 13.9. The number of rotatable bonds is 4. The van der Waals surface area contributed by atoms with E-state index >= 15 is 0 Å². The van der Waals surface area contributed by atoms with Gasteiger partial charge in [0.05, 0.1) is 0 Å². The van der Waals surface area contributed by atoms with Gasteiger partial charge < -0.3 is 24.8 Å². The molecular formula is C35H30Cl2Zr-2. The minimum atomic E-state index is 0. The minimum Gasteiger partial charge on any atom is -0.126 e. The first kappa shape index (κ1) is 30.1. The maximum Gasteiger partial charge on any atom is -0.00385 e. The van der Waals surface area contributed by atoms with E-state index < -0.39 is 0 Å². The van der Waals surface area contributed by atoms with Crippen LogP contribution in [0.1, 0.15) is 41.5 Å². The summed E-state index contributed by atoms with van der Waals surface area (Å²) in [7, 11) is 0. The zero-order chi connectivity index (χ0) is 24.6. The summed E-state index contributed by atoms with van der Waals surface area (Å²) in [6, 6.07) is 37.5. The van der Waals surface area contributed by atoms with Crippen LogP contribution in [0.2, 0.25) is 0 Å². The van der Waals surface area contributed by atoms with E-state index in [0.29, 0.717) is 0 Å². The van der Waals surface area contributed by atoms with Gasteiger partial charge in [-0.25, -0.2) is 12.2 Å².